The molecule has 37 heavy (non-hydrogen) atoms. The van der Waals surface area contributed by atoms with Crippen LogP contribution in [0.4, 0.5) is 39.5 Å². The van der Waals surface area contributed by atoms with E-state index in [1.807, 2.05) is 0 Å². The molecule has 1 aliphatic carbocycles. The molecule has 1 N–H and O–H groups in total. The number of benzene rings is 2. The zero-order valence-corrected chi connectivity index (χ0v) is 21.8. The zero-order chi connectivity index (χ0) is 27.8. The van der Waals surface area contributed by atoms with E-state index in [2.05, 4.69) is 37.2 Å². The van der Waals surface area contributed by atoms with Crippen LogP contribution in [0.2, 0.25) is 0 Å². The van der Waals surface area contributed by atoms with Crippen LogP contribution >= 0.6 is 31.9 Å². The van der Waals surface area contributed by atoms with Gasteiger partial charge in [-0.1, -0.05) is 12.1 Å². The van der Waals surface area contributed by atoms with Crippen molar-refractivity contribution in [3.05, 3.63) is 73.7 Å². The Balaban J connectivity index is 1.94. The fourth-order valence-corrected chi connectivity index (χ4v) is 4.54. The minimum Gasteiger partial charge on any atom is -0.349 e. The first-order valence-corrected chi connectivity index (χ1v) is 12.4. The summed E-state index contributed by atoms with van der Waals surface area (Å²) in [6.07, 6.45) is -11.3. The smallest absolute Gasteiger partial charge is 0.349 e. The summed E-state index contributed by atoms with van der Waals surface area (Å²) in [7, 11) is 0. The number of allylic oxidation sites excluding steroid dienone is 1. The SMILES string of the molecule is O=C(NC1CCC(F)(F)CC1)c1ccc(C(F)=CC(c2ccc(Br)c(Br)c2)C(F)(F)F)cc1C(F)(F)F. The maximum absolute atomic E-state index is 14.9. The minimum absolute atomic E-state index is 0.138. The summed E-state index contributed by atoms with van der Waals surface area (Å²) >= 11 is 6.16. The molecule has 1 atom stereocenters. The van der Waals surface area contributed by atoms with Crippen LogP contribution in [0.5, 0.6) is 0 Å². The second-order valence-corrected chi connectivity index (χ2v) is 10.3. The maximum Gasteiger partial charge on any atom is 0.417 e. The molecule has 1 aliphatic rings. The topological polar surface area (TPSA) is 29.1 Å². The quantitative estimate of drug-likeness (QED) is 0.317. The molecule has 1 unspecified atom stereocenters. The average Bonchev–Trinajstić information content (AvgIpc) is 2.79. The van der Waals surface area contributed by atoms with E-state index in [1.165, 1.54) is 6.07 Å². The van der Waals surface area contributed by atoms with Gasteiger partial charge in [-0.15, -0.1) is 0 Å². The van der Waals surface area contributed by atoms with E-state index in [4.69, 9.17) is 0 Å². The van der Waals surface area contributed by atoms with Gasteiger partial charge in [0.1, 0.15) is 11.7 Å². The van der Waals surface area contributed by atoms with Gasteiger partial charge in [-0.3, -0.25) is 4.79 Å². The number of alkyl halides is 8. The summed E-state index contributed by atoms with van der Waals surface area (Å²) in [4.78, 5) is 12.5. The van der Waals surface area contributed by atoms with Gasteiger partial charge in [-0.05, 0) is 80.6 Å². The van der Waals surface area contributed by atoms with Crippen molar-refractivity contribution in [2.24, 2.45) is 0 Å². The van der Waals surface area contributed by atoms with Crippen molar-refractivity contribution in [2.75, 3.05) is 0 Å². The minimum atomic E-state index is -5.15. The number of nitrogens with one attached hydrogen (secondary N) is 1. The average molecular weight is 667 g/mol. The Morgan fingerprint density at radius 2 is 1.59 bits per heavy atom. The molecule has 202 valence electrons. The van der Waals surface area contributed by atoms with Gasteiger partial charge < -0.3 is 5.32 Å². The number of amides is 1. The number of halogens is 11. The lowest BCUT2D eigenvalue weighted by Crippen LogP contribution is -2.40. The second-order valence-electron chi connectivity index (χ2n) is 8.57. The van der Waals surface area contributed by atoms with Crippen LogP contribution in [0, 0.1) is 0 Å². The zero-order valence-electron chi connectivity index (χ0n) is 18.6. The van der Waals surface area contributed by atoms with E-state index in [0.717, 1.165) is 18.2 Å². The van der Waals surface area contributed by atoms with Crippen molar-refractivity contribution in [1.29, 1.82) is 0 Å². The summed E-state index contributed by atoms with van der Waals surface area (Å²) in [5, 5.41) is 2.28. The van der Waals surface area contributed by atoms with Crippen molar-refractivity contribution in [3.8, 4) is 0 Å². The lowest BCUT2D eigenvalue weighted by molar-refractivity contribution is -0.140. The Kier molecular flexibility index (Phi) is 8.78. The van der Waals surface area contributed by atoms with Gasteiger partial charge in [0.2, 0.25) is 5.92 Å². The molecule has 0 bridgehead atoms. The van der Waals surface area contributed by atoms with Gasteiger partial charge in [0.05, 0.1) is 11.1 Å². The molecule has 2 aromatic carbocycles. The highest BCUT2D eigenvalue weighted by atomic mass is 79.9. The highest BCUT2D eigenvalue weighted by Crippen LogP contribution is 2.41. The van der Waals surface area contributed by atoms with Crippen molar-refractivity contribution >= 4 is 43.6 Å². The Morgan fingerprint density at radius 1 is 0.973 bits per heavy atom. The van der Waals surface area contributed by atoms with E-state index >= 15 is 0 Å². The molecule has 0 saturated heterocycles. The molecule has 2 nitrogen and oxygen atoms in total. The van der Waals surface area contributed by atoms with Crippen LogP contribution in [0.1, 0.15) is 58.6 Å². The number of rotatable bonds is 5. The van der Waals surface area contributed by atoms with Gasteiger partial charge in [-0.25, -0.2) is 13.2 Å². The molecule has 13 heteroatoms. The molecular formula is C24H18Br2F9NO. The second kappa shape index (κ2) is 11.0. The van der Waals surface area contributed by atoms with Crippen molar-refractivity contribution < 1.29 is 44.3 Å². The molecule has 0 heterocycles. The van der Waals surface area contributed by atoms with E-state index in [0.29, 0.717) is 10.5 Å². The van der Waals surface area contributed by atoms with Gasteiger partial charge >= 0.3 is 12.4 Å². The molecule has 0 radical (unpaired) electrons. The first kappa shape index (κ1) is 29.5. The fourth-order valence-electron chi connectivity index (χ4n) is 3.90. The summed E-state index contributed by atoms with van der Waals surface area (Å²) in [5.74, 6) is -8.16. The first-order valence-electron chi connectivity index (χ1n) is 10.8. The first-order chi connectivity index (χ1) is 17.0. The molecular weight excluding hydrogens is 649 g/mol. The number of hydrogen-bond acceptors (Lipinski definition) is 1. The monoisotopic (exact) mass is 665 g/mol. The van der Waals surface area contributed by atoms with Crippen molar-refractivity contribution in [2.45, 2.75) is 55.9 Å². The van der Waals surface area contributed by atoms with Crippen LogP contribution in [-0.2, 0) is 6.18 Å². The molecule has 2 aromatic rings. The molecule has 0 aromatic heterocycles. The van der Waals surface area contributed by atoms with Gasteiger partial charge in [0, 0.05) is 33.4 Å². The molecule has 1 saturated carbocycles. The van der Waals surface area contributed by atoms with Crippen LogP contribution < -0.4 is 5.32 Å². The van der Waals surface area contributed by atoms with E-state index in [1.54, 1.807) is 0 Å². The lowest BCUT2D eigenvalue weighted by Gasteiger charge is -2.29. The van der Waals surface area contributed by atoms with Crippen molar-refractivity contribution in [1.82, 2.24) is 5.32 Å². The maximum atomic E-state index is 14.9. The summed E-state index contributed by atoms with van der Waals surface area (Å²) in [6, 6.07) is 4.37. The van der Waals surface area contributed by atoms with Crippen molar-refractivity contribution in [3.63, 3.8) is 0 Å². The Morgan fingerprint density at radius 3 is 2.14 bits per heavy atom. The van der Waals surface area contributed by atoms with E-state index < -0.39 is 71.5 Å². The Bertz CT molecular complexity index is 1180. The summed E-state index contributed by atoms with van der Waals surface area (Å²) in [5.41, 5.74) is -3.64. The fraction of sp³-hybridized carbons (Fsp3) is 0.375. The molecule has 0 spiro atoms. The summed E-state index contributed by atoms with van der Waals surface area (Å²) in [6.45, 7) is 0. The third-order valence-corrected chi connectivity index (χ3v) is 7.75. The van der Waals surface area contributed by atoms with Gasteiger partial charge in [0.15, 0.2) is 0 Å². The van der Waals surface area contributed by atoms with Crippen LogP contribution in [0.25, 0.3) is 5.83 Å². The lowest BCUT2D eigenvalue weighted by atomic mass is 9.91. The van der Waals surface area contributed by atoms with Crippen LogP contribution in [0.3, 0.4) is 0 Å². The standard InChI is InChI=1S/C24H18Br2F9NO/c25-18-4-2-12(10-19(18)26)16(23(30,31)32)11-20(27)13-1-3-15(17(9-13)24(33,34)35)21(37)36-14-5-7-22(28,29)8-6-14/h1-4,9-11,14,16H,5-8H2,(H,36,37). The van der Waals surface area contributed by atoms with E-state index in [9.17, 15) is 44.3 Å². The molecule has 0 aliphatic heterocycles. The predicted molar refractivity (Wildman–Crippen MR) is 126 cm³/mol. The largest absolute Gasteiger partial charge is 0.417 e. The van der Waals surface area contributed by atoms with Gasteiger partial charge in [-0.2, -0.15) is 26.3 Å². The highest BCUT2D eigenvalue weighted by molar-refractivity contribution is 9.13. The molecule has 3 rings (SSSR count). The van der Waals surface area contributed by atoms with Crippen LogP contribution in [0.15, 0.2) is 51.4 Å². The Hall–Kier alpha value is -2.02. The third kappa shape index (κ3) is 7.52. The Labute approximate surface area is 222 Å². The van der Waals surface area contributed by atoms with E-state index in [-0.39, 0.29) is 35.0 Å². The normalized spacial score (nSPS) is 18.0. The number of carbonyl (C=O) groups excluding carboxylic acids is 1. The van der Waals surface area contributed by atoms with Crippen LogP contribution in [-0.4, -0.2) is 24.0 Å². The predicted octanol–water partition coefficient (Wildman–Crippen LogP) is 9.19. The summed E-state index contributed by atoms with van der Waals surface area (Å²) < 4.78 is 125. The number of carbonyl (C=O) groups is 1. The number of hydrogen-bond donors (Lipinski definition) is 1. The molecule has 1 amide bonds. The molecule has 1 fully saturated rings. The highest BCUT2D eigenvalue weighted by Gasteiger charge is 2.41. The third-order valence-electron chi connectivity index (χ3n) is 5.87. The van der Waals surface area contributed by atoms with Gasteiger partial charge in [0.25, 0.3) is 5.91 Å².